The summed E-state index contributed by atoms with van der Waals surface area (Å²) in [5.74, 6) is 2.29. The number of nitrogens with zero attached hydrogens (tertiary/aromatic N) is 4. The normalized spacial score (nSPS) is 15.3. The molecule has 0 spiro atoms. The van der Waals surface area contributed by atoms with E-state index in [0.29, 0.717) is 12.5 Å². The zero-order valence-corrected chi connectivity index (χ0v) is 17.8. The van der Waals surface area contributed by atoms with Gasteiger partial charge in [0.15, 0.2) is 5.96 Å². The second kappa shape index (κ2) is 10.5. The third kappa shape index (κ3) is 5.70. The van der Waals surface area contributed by atoms with Gasteiger partial charge in [0.2, 0.25) is 0 Å². The van der Waals surface area contributed by atoms with Gasteiger partial charge in [0.25, 0.3) is 0 Å². The van der Waals surface area contributed by atoms with Crippen molar-refractivity contribution in [2.24, 2.45) is 10.9 Å². The molecule has 7 nitrogen and oxygen atoms in total. The standard InChI is InChI=1S/C20H32N6OS/c1-3-21-19(23-15-16(2)14-17-8-6-13-28-17)22-10-7-12-26-20(27)25-11-5-4-9-18(25)24-26/h6,8,13,16H,3-5,7,9-12,14-15H2,1-2H3,(H2,21,22,23). The first-order valence-electron chi connectivity index (χ1n) is 10.4. The van der Waals surface area contributed by atoms with Gasteiger partial charge in [0, 0.05) is 44.0 Å². The van der Waals surface area contributed by atoms with Crippen molar-refractivity contribution in [2.75, 3.05) is 19.6 Å². The minimum Gasteiger partial charge on any atom is -0.357 e. The highest BCUT2D eigenvalue weighted by molar-refractivity contribution is 7.09. The van der Waals surface area contributed by atoms with Crippen LogP contribution in [0.2, 0.25) is 0 Å². The zero-order chi connectivity index (χ0) is 19.8. The van der Waals surface area contributed by atoms with Crippen LogP contribution in [0.4, 0.5) is 0 Å². The molecule has 0 bridgehead atoms. The minimum atomic E-state index is 0.0395. The molecular weight excluding hydrogens is 372 g/mol. The van der Waals surface area contributed by atoms with E-state index in [2.05, 4.69) is 47.1 Å². The maximum absolute atomic E-state index is 12.4. The Kier molecular flexibility index (Phi) is 7.71. The number of aryl methyl sites for hydroxylation is 2. The Morgan fingerprint density at radius 2 is 2.29 bits per heavy atom. The lowest BCUT2D eigenvalue weighted by Crippen LogP contribution is -2.38. The summed E-state index contributed by atoms with van der Waals surface area (Å²) in [6, 6.07) is 4.29. The summed E-state index contributed by atoms with van der Waals surface area (Å²) in [6.45, 7) is 8.15. The third-order valence-corrected chi connectivity index (χ3v) is 5.80. The van der Waals surface area contributed by atoms with Crippen LogP contribution in [0.15, 0.2) is 27.3 Å². The molecule has 2 N–H and O–H groups in total. The minimum absolute atomic E-state index is 0.0395. The molecule has 154 valence electrons. The van der Waals surface area contributed by atoms with E-state index in [1.54, 1.807) is 16.0 Å². The molecule has 0 amide bonds. The van der Waals surface area contributed by atoms with Crippen LogP contribution >= 0.6 is 11.3 Å². The fraction of sp³-hybridized carbons (Fsp3) is 0.650. The van der Waals surface area contributed by atoms with Crippen molar-refractivity contribution in [1.82, 2.24) is 25.0 Å². The highest BCUT2D eigenvalue weighted by Gasteiger charge is 2.16. The molecule has 1 aliphatic heterocycles. The molecule has 0 fully saturated rings. The van der Waals surface area contributed by atoms with Gasteiger partial charge in [-0.25, -0.2) is 9.48 Å². The molecule has 0 aliphatic carbocycles. The highest BCUT2D eigenvalue weighted by atomic mass is 32.1. The second-order valence-electron chi connectivity index (χ2n) is 7.42. The van der Waals surface area contributed by atoms with Crippen molar-refractivity contribution in [2.45, 2.75) is 59.0 Å². The van der Waals surface area contributed by atoms with Crippen LogP contribution < -0.4 is 16.3 Å². The van der Waals surface area contributed by atoms with Crippen LogP contribution in [-0.4, -0.2) is 39.9 Å². The molecular formula is C20H32N6OS. The predicted molar refractivity (Wildman–Crippen MR) is 115 cm³/mol. The molecule has 1 aliphatic rings. The fourth-order valence-electron chi connectivity index (χ4n) is 3.46. The number of hydrogen-bond donors (Lipinski definition) is 2. The molecule has 2 aromatic heterocycles. The smallest absolute Gasteiger partial charge is 0.345 e. The van der Waals surface area contributed by atoms with Gasteiger partial charge in [-0.05, 0) is 50.0 Å². The van der Waals surface area contributed by atoms with Crippen molar-refractivity contribution in [1.29, 1.82) is 0 Å². The van der Waals surface area contributed by atoms with E-state index in [1.807, 2.05) is 4.57 Å². The first kappa shape index (κ1) is 20.6. The SMILES string of the molecule is CCNC(=NCC(C)Cc1cccs1)NCCCn1nc2n(c1=O)CCCC2. The summed E-state index contributed by atoms with van der Waals surface area (Å²) >= 11 is 1.81. The van der Waals surface area contributed by atoms with E-state index >= 15 is 0 Å². The van der Waals surface area contributed by atoms with Gasteiger partial charge in [0.05, 0.1) is 0 Å². The molecule has 2 aromatic rings. The number of guanidine groups is 1. The van der Waals surface area contributed by atoms with E-state index in [4.69, 9.17) is 4.99 Å². The Morgan fingerprint density at radius 1 is 1.39 bits per heavy atom. The maximum Gasteiger partial charge on any atom is 0.345 e. The molecule has 28 heavy (non-hydrogen) atoms. The Balaban J connectivity index is 1.44. The number of fused-ring (bicyclic) bond motifs is 1. The molecule has 0 aromatic carbocycles. The molecule has 1 atom stereocenters. The topological polar surface area (TPSA) is 76.2 Å². The fourth-order valence-corrected chi connectivity index (χ4v) is 4.33. The van der Waals surface area contributed by atoms with E-state index in [0.717, 1.165) is 70.1 Å². The average molecular weight is 405 g/mol. The van der Waals surface area contributed by atoms with Crippen molar-refractivity contribution in [3.63, 3.8) is 0 Å². The highest BCUT2D eigenvalue weighted by Crippen LogP contribution is 2.14. The summed E-state index contributed by atoms with van der Waals surface area (Å²) in [5.41, 5.74) is 0.0395. The summed E-state index contributed by atoms with van der Waals surface area (Å²) in [6.07, 6.45) is 5.03. The summed E-state index contributed by atoms with van der Waals surface area (Å²) < 4.78 is 3.45. The van der Waals surface area contributed by atoms with Gasteiger partial charge in [-0.2, -0.15) is 5.10 Å². The molecule has 8 heteroatoms. The quantitative estimate of drug-likeness (QED) is 0.382. The van der Waals surface area contributed by atoms with E-state index in [-0.39, 0.29) is 5.69 Å². The number of thiophene rings is 1. The first-order valence-corrected chi connectivity index (χ1v) is 11.3. The van der Waals surface area contributed by atoms with Gasteiger partial charge >= 0.3 is 5.69 Å². The van der Waals surface area contributed by atoms with E-state index in [1.165, 1.54) is 4.88 Å². The number of aliphatic imine (C=N–C) groups is 1. The monoisotopic (exact) mass is 404 g/mol. The average Bonchev–Trinajstić information content (AvgIpc) is 3.31. The molecule has 3 heterocycles. The second-order valence-corrected chi connectivity index (χ2v) is 8.45. The Morgan fingerprint density at radius 3 is 3.04 bits per heavy atom. The van der Waals surface area contributed by atoms with E-state index in [9.17, 15) is 4.79 Å². The van der Waals surface area contributed by atoms with Gasteiger partial charge in [-0.3, -0.25) is 9.56 Å². The lowest BCUT2D eigenvalue weighted by Gasteiger charge is -2.13. The first-order chi connectivity index (χ1) is 13.7. The number of rotatable bonds is 9. The van der Waals surface area contributed by atoms with Crippen molar-refractivity contribution in [3.8, 4) is 0 Å². The van der Waals surface area contributed by atoms with Crippen LogP contribution in [0, 0.1) is 5.92 Å². The zero-order valence-electron chi connectivity index (χ0n) is 17.0. The molecule has 0 saturated heterocycles. The molecule has 0 radical (unpaired) electrons. The Bertz CT molecular complexity index is 807. The van der Waals surface area contributed by atoms with Crippen LogP contribution in [-0.2, 0) is 25.9 Å². The van der Waals surface area contributed by atoms with Gasteiger partial charge in [0.1, 0.15) is 5.82 Å². The number of hydrogen-bond acceptors (Lipinski definition) is 4. The summed E-state index contributed by atoms with van der Waals surface area (Å²) in [4.78, 5) is 18.5. The molecule has 3 rings (SSSR count). The van der Waals surface area contributed by atoms with Gasteiger partial charge in [-0.15, -0.1) is 11.3 Å². The van der Waals surface area contributed by atoms with Crippen molar-refractivity contribution in [3.05, 3.63) is 38.7 Å². The van der Waals surface area contributed by atoms with Gasteiger partial charge < -0.3 is 10.6 Å². The molecule has 0 saturated carbocycles. The number of aromatic nitrogens is 3. The molecule has 1 unspecified atom stereocenters. The lowest BCUT2D eigenvalue weighted by atomic mass is 10.1. The van der Waals surface area contributed by atoms with Crippen LogP contribution in [0.5, 0.6) is 0 Å². The summed E-state index contributed by atoms with van der Waals surface area (Å²) in [5, 5.41) is 13.3. The Labute approximate surface area is 170 Å². The van der Waals surface area contributed by atoms with Crippen LogP contribution in [0.1, 0.15) is 43.8 Å². The number of nitrogens with one attached hydrogen (secondary N) is 2. The predicted octanol–water partition coefficient (Wildman–Crippen LogP) is 2.27. The van der Waals surface area contributed by atoms with Crippen molar-refractivity contribution < 1.29 is 0 Å². The Hall–Kier alpha value is -2.09. The van der Waals surface area contributed by atoms with Crippen LogP contribution in [0.3, 0.4) is 0 Å². The maximum atomic E-state index is 12.4. The third-order valence-electron chi connectivity index (χ3n) is 4.91. The van der Waals surface area contributed by atoms with Gasteiger partial charge in [-0.1, -0.05) is 13.0 Å². The summed E-state index contributed by atoms with van der Waals surface area (Å²) in [7, 11) is 0. The lowest BCUT2D eigenvalue weighted by molar-refractivity contribution is 0.509. The largest absolute Gasteiger partial charge is 0.357 e. The van der Waals surface area contributed by atoms with Crippen LogP contribution in [0.25, 0.3) is 0 Å². The van der Waals surface area contributed by atoms with E-state index < -0.39 is 0 Å². The van der Waals surface area contributed by atoms with Crippen molar-refractivity contribution >= 4 is 17.3 Å².